The molecule has 1 heterocycles. The van der Waals surface area contributed by atoms with Crippen molar-refractivity contribution in [2.75, 3.05) is 33.7 Å². The van der Waals surface area contributed by atoms with Crippen molar-refractivity contribution in [2.45, 2.75) is 166 Å². The molecule has 1 fully saturated rings. The highest BCUT2D eigenvalue weighted by molar-refractivity contribution is 5.71. The van der Waals surface area contributed by atoms with E-state index in [1.165, 1.54) is 25.0 Å². The number of methoxy groups -OCH3 is 1. The number of carbonyl (C=O) groups is 1. The molecule has 0 saturated carbocycles. The Labute approximate surface area is 464 Å². The molecular weight excluding hydrogens is 1090 g/mol. The SMILES string of the molecule is CCC(CC)(c1ccc(C#CC(O)(C(F)(F)F)C(F)(F)F)c(C)c1)c1ccc(OC[C@@H](O)CCCO)c(C)c1.CCC(CC)(c1ccc(C#CC(OCOC)(C(F)(F)F)C(F)(F)F)c(C)c1)c1ccc(OC[C@@H]2CCC(=O)O2)c(C)c1. The first-order valence-corrected chi connectivity index (χ1v) is 26.1. The van der Waals surface area contributed by atoms with E-state index in [2.05, 4.69) is 15.4 Å². The summed E-state index contributed by atoms with van der Waals surface area (Å²) >= 11 is 0. The maximum atomic E-state index is 13.7. The number of ether oxygens (including phenoxy) is 5. The highest BCUT2D eigenvalue weighted by Crippen LogP contribution is 2.47. The van der Waals surface area contributed by atoms with E-state index in [0.717, 1.165) is 46.4 Å². The van der Waals surface area contributed by atoms with Crippen LogP contribution in [0, 0.1) is 51.4 Å². The van der Waals surface area contributed by atoms with E-state index in [1.807, 2.05) is 77.8 Å². The molecule has 5 rings (SSSR count). The van der Waals surface area contributed by atoms with Crippen LogP contribution in [0.1, 0.15) is 135 Å². The summed E-state index contributed by atoms with van der Waals surface area (Å²) < 4.78 is 185. The minimum absolute atomic E-state index is 0.00582. The van der Waals surface area contributed by atoms with E-state index in [-0.39, 0.29) is 43.0 Å². The van der Waals surface area contributed by atoms with Gasteiger partial charge < -0.3 is 39.0 Å². The first kappa shape index (κ1) is 67.5. The quantitative estimate of drug-likeness (QED) is 0.0343. The smallest absolute Gasteiger partial charge is 0.438 e. The largest absolute Gasteiger partial charge is 0.491 e. The Morgan fingerprint density at radius 1 is 0.617 bits per heavy atom. The van der Waals surface area contributed by atoms with Gasteiger partial charge in [0.1, 0.15) is 37.6 Å². The zero-order valence-corrected chi connectivity index (χ0v) is 46.4. The lowest BCUT2D eigenvalue weighted by Gasteiger charge is -2.34. The topological polar surface area (TPSA) is 124 Å². The van der Waals surface area contributed by atoms with E-state index in [0.29, 0.717) is 74.0 Å². The summed E-state index contributed by atoms with van der Waals surface area (Å²) in [5, 5.41) is 28.2. The highest BCUT2D eigenvalue weighted by Gasteiger charge is 2.73. The Balaban J connectivity index is 0.000000350. The maximum Gasteiger partial charge on any atom is 0.438 e. The Hall–Kier alpha value is -5.97. The van der Waals surface area contributed by atoms with Gasteiger partial charge in [0.05, 0.1) is 6.10 Å². The molecule has 0 bridgehead atoms. The minimum atomic E-state index is -6.02. The standard InChI is InChI=1S/C31H34F6O5.C29H34F6O4/c1-6-28(7-2,24-10-12-26(21(4)17-24)40-18-25-11-13-27(38)42-25)23-9-8-22(20(3)16-23)14-15-29(30(32,33)34,31(35,36)37)41-19-39-5;1-5-26(6-2,23-11-12-25(20(4)17-23)39-18-24(37)8-7-15-36)22-10-9-21(19(3)16-22)13-14-27(38,28(30,31)32)29(33,34)35/h8-10,12,16-17,25H,6-7,11,13,18-19H2,1-5H3;9-12,16-17,24,36-38H,5-8,15,18H2,1-4H3/t25-;24-/m00/s1. The molecule has 0 amide bonds. The molecule has 0 unspecified atom stereocenters. The fraction of sp³-hybridized carbons (Fsp3) is 0.517. The number of alkyl halides is 12. The molecule has 1 aliphatic rings. The monoisotopic (exact) mass is 1160 g/mol. The van der Waals surface area contributed by atoms with E-state index in [4.69, 9.17) is 19.3 Å². The van der Waals surface area contributed by atoms with Gasteiger partial charge in [-0.25, -0.2) is 0 Å². The predicted molar refractivity (Wildman–Crippen MR) is 278 cm³/mol. The first-order valence-electron chi connectivity index (χ1n) is 26.1. The zero-order chi connectivity index (χ0) is 61.0. The van der Waals surface area contributed by atoms with Gasteiger partial charge in [-0.2, -0.15) is 52.7 Å². The van der Waals surface area contributed by atoms with Gasteiger partial charge >= 0.3 is 41.9 Å². The van der Waals surface area contributed by atoms with Gasteiger partial charge in [0.25, 0.3) is 0 Å². The van der Waals surface area contributed by atoms with Crippen LogP contribution >= 0.6 is 0 Å². The molecule has 0 spiro atoms. The summed E-state index contributed by atoms with van der Waals surface area (Å²) in [7, 11) is 0.915. The average molecular weight is 1160 g/mol. The molecule has 3 N–H and O–H groups in total. The molecule has 9 nitrogen and oxygen atoms in total. The summed E-state index contributed by atoms with van der Waals surface area (Å²) in [6, 6.07) is 21.0. The number of esters is 1. The summed E-state index contributed by atoms with van der Waals surface area (Å²) in [4.78, 5) is 11.3. The van der Waals surface area contributed by atoms with Crippen LogP contribution in [0.5, 0.6) is 11.5 Å². The van der Waals surface area contributed by atoms with Gasteiger partial charge in [-0.15, -0.1) is 0 Å². The number of halogens is 12. The highest BCUT2D eigenvalue weighted by atomic mass is 19.4. The second-order valence-corrected chi connectivity index (χ2v) is 19.8. The van der Waals surface area contributed by atoms with Gasteiger partial charge in [0, 0.05) is 42.1 Å². The number of aliphatic hydroxyl groups is 3. The lowest BCUT2D eigenvalue weighted by atomic mass is 9.70. The number of benzene rings is 4. The number of aliphatic hydroxyl groups excluding tert-OH is 2. The third kappa shape index (κ3) is 15.4. The van der Waals surface area contributed by atoms with E-state index < -0.39 is 59.6 Å². The molecule has 4 aromatic rings. The van der Waals surface area contributed by atoms with Crippen molar-refractivity contribution >= 4 is 5.97 Å². The molecule has 4 aromatic carbocycles. The summed E-state index contributed by atoms with van der Waals surface area (Å²) in [5.74, 6) is 7.29. The molecule has 0 radical (unpaired) electrons. The third-order valence-corrected chi connectivity index (χ3v) is 14.7. The van der Waals surface area contributed by atoms with Crippen LogP contribution in [0.2, 0.25) is 0 Å². The number of aryl methyl sites for hydroxylation is 4. The molecule has 81 heavy (non-hydrogen) atoms. The fourth-order valence-corrected chi connectivity index (χ4v) is 9.63. The molecule has 446 valence electrons. The molecule has 21 heteroatoms. The molecule has 0 aliphatic carbocycles. The van der Waals surface area contributed by atoms with E-state index in [1.54, 1.807) is 37.3 Å². The Morgan fingerprint density at radius 3 is 1.40 bits per heavy atom. The van der Waals surface area contributed by atoms with Gasteiger partial charge in [-0.1, -0.05) is 88.1 Å². The van der Waals surface area contributed by atoms with Crippen molar-refractivity contribution < 1.29 is 96.5 Å². The lowest BCUT2D eigenvalue weighted by Crippen LogP contribution is -2.58. The number of hydrogen-bond acceptors (Lipinski definition) is 9. The van der Waals surface area contributed by atoms with E-state index in [9.17, 15) is 67.7 Å². The van der Waals surface area contributed by atoms with Gasteiger partial charge in [-0.3, -0.25) is 4.79 Å². The lowest BCUT2D eigenvalue weighted by molar-refractivity contribution is -0.368. The van der Waals surface area contributed by atoms with Crippen molar-refractivity contribution in [3.05, 3.63) is 128 Å². The average Bonchev–Trinajstić information content (AvgIpc) is 4.01. The predicted octanol–water partition coefficient (Wildman–Crippen LogP) is 13.5. The zero-order valence-electron chi connectivity index (χ0n) is 46.4. The number of carbonyl (C=O) groups excluding carboxylic acids is 1. The maximum absolute atomic E-state index is 13.7. The van der Waals surface area contributed by atoms with Crippen LogP contribution in [-0.4, -0.2) is 103 Å². The summed E-state index contributed by atoms with van der Waals surface area (Å²) in [6.45, 7) is 13.9. The molecule has 2 atom stereocenters. The van der Waals surface area contributed by atoms with Crippen LogP contribution in [0.4, 0.5) is 52.7 Å². The van der Waals surface area contributed by atoms with Gasteiger partial charge in [0.15, 0.2) is 0 Å². The van der Waals surface area contributed by atoms with Gasteiger partial charge in [-0.05, 0) is 153 Å². The van der Waals surface area contributed by atoms with Crippen LogP contribution < -0.4 is 9.47 Å². The third-order valence-electron chi connectivity index (χ3n) is 14.7. The van der Waals surface area contributed by atoms with Crippen LogP contribution in [0.15, 0.2) is 72.8 Å². The van der Waals surface area contributed by atoms with Crippen molar-refractivity contribution in [2.24, 2.45) is 0 Å². The van der Waals surface area contributed by atoms with Crippen LogP contribution in [0.25, 0.3) is 0 Å². The van der Waals surface area contributed by atoms with Crippen LogP contribution in [0.3, 0.4) is 0 Å². The minimum Gasteiger partial charge on any atom is -0.491 e. The molecule has 1 aliphatic heterocycles. The Bertz CT molecular complexity index is 2850. The van der Waals surface area contributed by atoms with Crippen molar-refractivity contribution in [3.8, 4) is 35.2 Å². The fourth-order valence-electron chi connectivity index (χ4n) is 9.63. The second kappa shape index (κ2) is 27.4. The molecular formula is C60H68F12O9. The normalized spacial score (nSPS) is 14.9. The molecule has 1 saturated heterocycles. The number of rotatable bonds is 20. The van der Waals surface area contributed by atoms with Crippen molar-refractivity contribution in [1.82, 2.24) is 0 Å². The summed E-state index contributed by atoms with van der Waals surface area (Å²) in [6.07, 6.45) is -20.3. The van der Waals surface area contributed by atoms with Crippen LogP contribution in [-0.2, 0) is 29.8 Å². The van der Waals surface area contributed by atoms with Gasteiger partial charge in [0.2, 0.25) is 0 Å². The summed E-state index contributed by atoms with van der Waals surface area (Å²) in [5.41, 5.74) is -4.87. The molecule has 0 aromatic heterocycles. The second-order valence-electron chi connectivity index (χ2n) is 19.8. The number of hydrogen-bond donors (Lipinski definition) is 3. The first-order chi connectivity index (χ1) is 37.7. The van der Waals surface area contributed by atoms with Crippen molar-refractivity contribution in [3.63, 3.8) is 0 Å². The Morgan fingerprint density at radius 2 is 1.04 bits per heavy atom. The van der Waals surface area contributed by atoms with E-state index >= 15 is 0 Å². The number of cyclic esters (lactones) is 1. The Kier molecular flexibility index (Phi) is 22.8. The van der Waals surface area contributed by atoms with Crippen molar-refractivity contribution in [1.29, 1.82) is 0 Å².